The Morgan fingerprint density at radius 1 is 0.975 bits per heavy atom. The molecular formula is C28H23ClN4O6S. The summed E-state index contributed by atoms with van der Waals surface area (Å²) in [5.41, 5.74) is 3.45. The van der Waals surface area contributed by atoms with Gasteiger partial charge in [0.15, 0.2) is 0 Å². The third-order valence-corrected chi connectivity index (χ3v) is 7.74. The van der Waals surface area contributed by atoms with E-state index in [1.165, 1.54) is 48.7 Å². The maximum atomic E-state index is 13.4. The number of carbonyl (C=O) groups excluding carboxylic acids is 1. The van der Waals surface area contributed by atoms with E-state index in [4.69, 9.17) is 16.3 Å². The van der Waals surface area contributed by atoms with Crippen LogP contribution >= 0.6 is 11.6 Å². The van der Waals surface area contributed by atoms with E-state index in [1.54, 1.807) is 36.4 Å². The van der Waals surface area contributed by atoms with Crippen LogP contribution in [0.4, 0.5) is 11.4 Å². The molecule has 0 atom stereocenters. The molecule has 0 radical (unpaired) electrons. The van der Waals surface area contributed by atoms with E-state index in [2.05, 4.69) is 10.5 Å². The molecule has 0 spiro atoms. The highest BCUT2D eigenvalue weighted by atomic mass is 35.5. The van der Waals surface area contributed by atoms with E-state index in [-0.39, 0.29) is 16.3 Å². The van der Waals surface area contributed by atoms with Gasteiger partial charge in [0.25, 0.3) is 21.6 Å². The summed E-state index contributed by atoms with van der Waals surface area (Å²) in [5.74, 6) is -0.137. The SMILES string of the molecule is O=C(CN(c1cccc([N+](=O)[O-])c1)S(=O)(=O)c1ccccc1)N/N=C\c1ccc(OCc2ccccc2Cl)cc1. The van der Waals surface area contributed by atoms with Crippen molar-refractivity contribution in [1.82, 2.24) is 5.43 Å². The molecule has 0 heterocycles. The van der Waals surface area contributed by atoms with E-state index >= 15 is 0 Å². The van der Waals surface area contributed by atoms with Crippen LogP contribution in [0.5, 0.6) is 5.75 Å². The molecule has 4 aromatic rings. The summed E-state index contributed by atoms with van der Waals surface area (Å²) in [4.78, 5) is 23.3. The summed E-state index contributed by atoms with van der Waals surface area (Å²) in [5, 5.41) is 15.8. The molecular weight excluding hydrogens is 556 g/mol. The van der Waals surface area contributed by atoms with E-state index in [0.29, 0.717) is 22.9 Å². The Labute approximate surface area is 235 Å². The predicted octanol–water partition coefficient (Wildman–Crippen LogP) is 5.17. The fourth-order valence-electron chi connectivity index (χ4n) is 3.57. The fraction of sp³-hybridized carbons (Fsp3) is 0.0714. The number of non-ortho nitro benzene ring substituents is 1. The molecule has 1 N–H and O–H groups in total. The van der Waals surface area contributed by atoms with Gasteiger partial charge in [-0.3, -0.25) is 19.2 Å². The molecule has 10 nitrogen and oxygen atoms in total. The number of carbonyl (C=O) groups is 1. The Balaban J connectivity index is 1.43. The number of anilines is 1. The lowest BCUT2D eigenvalue weighted by atomic mass is 10.2. The molecule has 0 fully saturated rings. The van der Waals surface area contributed by atoms with Crippen molar-refractivity contribution in [2.75, 3.05) is 10.8 Å². The Bertz CT molecular complexity index is 1630. The van der Waals surface area contributed by atoms with Gasteiger partial charge >= 0.3 is 0 Å². The lowest BCUT2D eigenvalue weighted by molar-refractivity contribution is -0.384. The maximum Gasteiger partial charge on any atom is 0.271 e. The third kappa shape index (κ3) is 7.22. The molecule has 0 bridgehead atoms. The van der Waals surface area contributed by atoms with Gasteiger partial charge in [-0.1, -0.05) is 54.1 Å². The van der Waals surface area contributed by atoms with Crippen LogP contribution in [0.15, 0.2) is 113 Å². The van der Waals surface area contributed by atoms with Gasteiger partial charge in [0.05, 0.1) is 21.7 Å². The first-order valence-electron chi connectivity index (χ1n) is 11.8. The van der Waals surface area contributed by atoms with Crippen LogP contribution in [0.25, 0.3) is 0 Å². The Morgan fingerprint density at radius 3 is 2.38 bits per heavy atom. The largest absolute Gasteiger partial charge is 0.489 e. The minimum Gasteiger partial charge on any atom is -0.489 e. The summed E-state index contributed by atoms with van der Waals surface area (Å²) in [6.07, 6.45) is 1.39. The molecule has 0 unspecified atom stereocenters. The molecule has 0 aliphatic rings. The lowest BCUT2D eigenvalue weighted by Crippen LogP contribution is -2.39. The smallest absolute Gasteiger partial charge is 0.271 e. The second kappa shape index (κ2) is 12.9. The zero-order valence-electron chi connectivity index (χ0n) is 20.9. The van der Waals surface area contributed by atoms with Gasteiger partial charge in [-0.25, -0.2) is 13.8 Å². The quantitative estimate of drug-likeness (QED) is 0.148. The minimum absolute atomic E-state index is 0.0374. The van der Waals surface area contributed by atoms with Crippen LogP contribution in [0.1, 0.15) is 11.1 Å². The summed E-state index contributed by atoms with van der Waals surface area (Å²) >= 11 is 6.14. The van der Waals surface area contributed by atoms with Crippen molar-refractivity contribution in [2.24, 2.45) is 5.10 Å². The van der Waals surface area contributed by atoms with Crippen molar-refractivity contribution in [3.8, 4) is 5.75 Å². The monoisotopic (exact) mass is 578 g/mol. The molecule has 0 aliphatic heterocycles. The number of ether oxygens (including phenoxy) is 1. The van der Waals surface area contributed by atoms with E-state index in [9.17, 15) is 23.3 Å². The number of halogens is 1. The van der Waals surface area contributed by atoms with Crippen LogP contribution in [0.2, 0.25) is 5.02 Å². The summed E-state index contributed by atoms with van der Waals surface area (Å²) in [6.45, 7) is -0.360. The first-order chi connectivity index (χ1) is 19.2. The molecule has 4 aromatic carbocycles. The van der Waals surface area contributed by atoms with Crippen molar-refractivity contribution in [2.45, 2.75) is 11.5 Å². The zero-order valence-corrected chi connectivity index (χ0v) is 22.5. The number of hydrogen-bond acceptors (Lipinski definition) is 7. The number of benzene rings is 4. The number of nitro groups is 1. The second-order valence-electron chi connectivity index (χ2n) is 8.34. The minimum atomic E-state index is -4.23. The summed E-state index contributed by atoms with van der Waals surface area (Å²) < 4.78 is 33.3. The molecule has 1 amide bonds. The molecule has 40 heavy (non-hydrogen) atoms. The van der Waals surface area contributed by atoms with Crippen LogP contribution < -0.4 is 14.5 Å². The van der Waals surface area contributed by atoms with Gasteiger partial charge in [0, 0.05) is 22.7 Å². The van der Waals surface area contributed by atoms with Crippen molar-refractivity contribution in [3.63, 3.8) is 0 Å². The number of nitrogens with zero attached hydrogens (tertiary/aromatic N) is 3. The van der Waals surface area contributed by atoms with E-state index in [1.807, 2.05) is 18.2 Å². The number of hydrogen-bond donors (Lipinski definition) is 1. The Hall–Kier alpha value is -4.74. The van der Waals surface area contributed by atoms with Crippen molar-refractivity contribution in [1.29, 1.82) is 0 Å². The van der Waals surface area contributed by atoms with Crippen molar-refractivity contribution < 1.29 is 22.9 Å². The highest BCUT2D eigenvalue weighted by Crippen LogP contribution is 2.27. The Morgan fingerprint density at radius 2 is 1.68 bits per heavy atom. The topological polar surface area (TPSA) is 131 Å². The van der Waals surface area contributed by atoms with Crippen LogP contribution in [-0.2, 0) is 21.4 Å². The van der Waals surface area contributed by atoms with Crippen LogP contribution in [0.3, 0.4) is 0 Å². The average molecular weight is 579 g/mol. The average Bonchev–Trinajstić information content (AvgIpc) is 2.96. The highest BCUT2D eigenvalue weighted by Gasteiger charge is 2.28. The van der Waals surface area contributed by atoms with Crippen molar-refractivity contribution in [3.05, 3.63) is 129 Å². The third-order valence-electron chi connectivity index (χ3n) is 5.58. The number of rotatable bonds is 11. The van der Waals surface area contributed by atoms with E-state index in [0.717, 1.165) is 15.9 Å². The van der Waals surface area contributed by atoms with Gasteiger partial charge < -0.3 is 4.74 Å². The summed E-state index contributed by atoms with van der Waals surface area (Å²) in [6, 6.07) is 26.8. The predicted molar refractivity (Wildman–Crippen MR) is 152 cm³/mol. The van der Waals surface area contributed by atoms with Gasteiger partial charge in [-0.2, -0.15) is 5.10 Å². The van der Waals surface area contributed by atoms with Crippen LogP contribution in [0, 0.1) is 10.1 Å². The maximum absolute atomic E-state index is 13.4. The fourth-order valence-corrected chi connectivity index (χ4v) is 5.19. The van der Waals surface area contributed by atoms with E-state index < -0.39 is 27.4 Å². The number of nitro benzene ring substituents is 1. The molecule has 12 heteroatoms. The molecule has 0 saturated heterocycles. The molecule has 0 aliphatic carbocycles. The van der Waals surface area contributed by atoms with Crippen LogP contribution in [-0.4, -0.2) is 32.0 Å². The number of hydrazone groups is 1. The normalized spacial score (nSPS) is 11.2. The van der Waals surface area contributed by atoms with Crippen molar-refractivity contribution >= 4 is 45.1 Å². The molecule has 204 valence electrons. The second-order valence-corrected chi connectivity index (χ2v) is 10.6. The molecule has 0 saturated carbocycles. The first-order valence-corrected chi connectivity index (χ1v) is 13.7. The molecule has 0 aromatic heterocycles. The standard InChI is InChI=1S/C28H23ClN4O6S/c29-27-12-5-4-7-22(27)20-39-25-15-13-21(14-16-25)18-30-31-28(34)19-32(23-8-6-9-24(17-23)33(35)36)40(37,38)26-10-2-1-3-11-26/h1-18H,19-20H2,(H,31,34)/b30-18-. The number of nitrogens with one attached hydrogen (secondary N) is 1. The first kappa shape index (κ1) is 28.3. The van der Waals surface area contributed by atoms with Gasteiger partial charge in [-0.05, 0) is 54.1 Å². The van der Waals surface area contributed by atoms with Gasteiger partial charge in [0.2, 0.25) is 0 Å². The van der Waals surface area contributed by atoms with Gasteiger partial charge in [-0.15, -0.1) is 0 Å². The zero-order chi connectivity index (χ0) is 28.5. The lowest BCUT2D eigenvalue weighted by Gasteiger charge is -2.23. The Kier molecular flexibility index (Phi) is 9.10. The number of sulfonamides is 1. The number of amides is 1. The highest BCUT2D eigenvalue weighted by molar-refractivity contribution is 7.92. The molecule has 4 rings (SSSR count). The van der Waals surface area contributed by atoms with Gasteiger partial charge in [0.1, 0.15) is 18.9 Å². The summed E-state index contributed by atoms with van der Waals surface area (Å²) in [7, 11) is -4.23.